The molecule has 1 aromatic rings. The van der Waals surface area contributed by atoms with Crippen molar-refractivity contribution in [2.24, 2.45) is 5.41 Å². The van der Waals surface area contributed by atoms with Gasteiger partial charge in [-0.05, 0) is 25.5 Å². The molecule has 1 fully saturated rings. The van der Waals surface area contributed by atoms with Crippen LogP contribution in [0, 0.1) is 12.3 Å². The average Bonchev–Trinajstić information content (AvgIpc) is 2.44. The van der Waals surface area contributed by atoms with Crippen molar-refractivity contribution in [2.75, 3.05) is 19.8 Å². The maximum absolute atomic E-state index is 12.3. The fourth-order valence-corrected chi connectivity index (χ4v) is 2.38. The lowest BCUT2D eigenvalue weighted by atomic mass is 9.76. The molecular weight excluding hydrogens is 258 g/mol. The number of carbonyl (C=O) groups excluding carboxylic acids is 2. The van der Waals surface area contributed by atoms with Crippen molar-refractivity contribution >= 4 is 11.8 Å². The Morgan fingerprint density at radius 1 is 1.55 bits per heavy atom. The third-order valence-corrected chi connectivity index (χ3v) is 3.61. The van der Waals surface area contributed by atoms with Gasteiger partial charge in [-0.1, -0.05) is 6.07 Å². The summed E-state index contributed by atoms with van der Waals surface area (Å²) in [6.07, 6.45) is 2.14. The smallest absolute Gasteiger partial charge is 0.322 e. The molecule has 5 nitrogen and oxygen atoms in total. The number of nitrogens with zero attached hydrogens (tertiary/aromatic N) is 1. The lowest BCUT2D eigenvalue weighted by Gasteiger charge is -2.33. The predicted octanol–water partition coefficient (Wildman–Crippen LogP) is 1.47. The molecule has 1 aliphatic heterocycles. The second kappa shape index (κ2) is 6.13. The fourth-order valence-electron chi connectivity index (χ4n) is 2.38. The molecule has 0 bridgehead atoms. The van der Waals surface area contributed by atoms with Gasteiger partial charge in [-0.3, -0.25) is 14.6 Å². The van der Waals surface area contributed by atoms with E-state index in [0.717, 1.165) is 11.3 Å². The summed E-state index contributed by atoms with van der Waals surface area (Å²) in [4.78, 5) is 28.9. The van der Waals surface area contributed by atoms with Crippen molar-refractivity contribution in [3.8, 4) is 0 Å². The lowest BCUT2D eigenvalue weighted by Crippen LogP contribution is -2.49. The zero-order chi connectivity index (χ0) is 14.6. The van der Waals surface area contributed by atoms with E-state index in [1.165, 1.54) is 0 Å². The van der Waals surface area contributed by atoms with Gasteiger partial charge in [-0.25, -0.2) is 0 Å². The highest BCUT2D eigenvalue weighted by Gasteiger charge is 2.49. The highest BCUT2D eigenvalue weighted by molar-refractivity contribution is 6.04. The predicted molar refractivity (Wildman–Crippen MR) is 72.2 cm³/mol. The van der Waals surface area contributed by atoms with Gasteiger partial charge in [0.25, 0.3) is 0 Å². The minimum absolute atomic E-state index is 0.0701. The van der Waals surface area contributed by atoms with Crippen molar-refractivity contribution in [1.29, 1.82) is 0 Å². The highest BCUT2D eigenvalue weighted by Crippen LogP contribution is 2.31. The van der Waals surface area contributed by atoms with E-state index in [2.05, 4.69) is 4.98 Å². The Balaban J connectivity index is 2.34. The van der Waals surface area contributed by atoms with Crippen LogP contribution >= 0.6 is 0 Å². The molecule has 0 aromatic carbocycles. The standard InChI is InChI=1S/C15H19NO4/c1-3-20-14(18)15(10-19-8-6-13(15)17)9-12-11(2)5-4-7-16-12/h4-5,7H,3,6,8-10H2,1-2H3. The van der Waals surface area contributed by atoms with Crippen molar-refractivity contribution in [3.63, 3.8) is 0 Å². The average molecular weight is 277 g/mol. The van der Waals surface area contributed by atoms with Crippen LogP contribution in [0.3, 0.4) is 0 Å². The number of carbonyl (C=O) groups is 2. The molecule has 20 heavy (non-hydrogen) atoms. The molecule has 0 N–H and O–H groups in total. The van der Waals surface area contributed by atoms with E-state index in [1.807, 2.05) is 19.1 Å². The number of hydrogen-bond donors (Lipinski definition) is 0. The minimum atomic E-state index is -1.24. The first kappa shape index (κ1) is 14.7. The molecule has 0 radical (unpaired) electrons. The quantitative estimate of drug-likeness (QED) is 0.616. The number of ketones is 1. The van der Waals surface area contributed by atoms with Crippen LogP contribution < -0.4 is 0 Å². The number of hydrogen-bond acceptors (Lipinski definition) is 5. The molecule has 1 aliphatic rings. The van der Waals surface area contributed by atoms with Crippen molar-refractivity contribution in [1.82, 2.24) is 4.98 Å². The molecule has 108 valence electrons. The maximum atomic E-state index is 12.3. The number of esters is 1. The van der Waals surface area contributed by atoms with Crippen molar-refractivity contribution in [2.45, 2.75) is 26.7 Å². The first-order valence-corrected chi connectivity index (χ1v) is 6.79. The van der Waals surface area contributed by atoms with E-state index in [4.69, 9.17) is 9.47 Å². The van der Waals surface area contributed by atoms with Gasteiger partial charge in [0.1, 0.15) is 0 Å². The summed E-state index contributed by atoms with van der Waals surface area (Å²) in [5.74, 6) is -0.623. The largest absolute Gasteiger partial charge is 0.465 e. The zero-order valence-corrected chi connectivity index (χ0v) is 11.8. The van der Waals surface area contributed by atoms with Gasteiger partial charge in [0, 0.05) is 24.7 Å². The topological polar surface area (TPSA) is 65.5 Å². The van der Waals surface area contributed by atoms with E-state index in [9.17, 15) is 9.59 Å². The molecule has 5 heteroatoms. The summed E-state index contributed by atoms with van der Waals surface area (Å²) in [5, 5.41) is 0. The van der Waals surface area contributed by atoms with E-state index in [-0.39, 0.29) is 31.8 Å². The molecule has 2 rings (SSSR count). The molecule has 2 heterocycles. The molecule has 1 aromatic heterocycles. The van der Waals surface area contributed by atoms with Gasteiger partial charge >= 0.3 is 5.97 Å². The first-order valence-electron chi connectivity index (χ1n) is 6.79. The second-order valence-corrected chi connectivity index (χ2v) is 4.97. The van der Waals surface area contributed by atoms with Gasteiger partial charge in [0.2, 0.25) is 0 Å². The second-order valence-electron chi connectivity index (χ2n) is 4.97. The molecule has 1 atom stereocenters. The van der Waals surface area contributed by atoms with Crippen LogP contribution in [0.1, 0.15) is 24.6 Å². The molecule has 0 amide bonds. The summed E-state index contributed by atoms with van der Waals surface area (Å²) < 4.78 is 10.5. The number of pyridine rings is 1. The van der Waals surface area contributed by atoms with Crippen LogP contribution in [0.15, 0.2) is 18.3 Å². The number of aryl methyl sites for hydroxylation is 1. The van der Waals surface area contributed by atoms with Crippen LogP contribution in [-0.4, -0.2) is 36.6 Å². The van der Waals surface area contributed by atoms with Crippen LogP contribution in [-0.2, 0) is 25.5 Å². The van der Waals surface area contributed by atoms with E-state index < -0.39 is 11.4 Å². The SMILES string of the molecule is CCOC(=O)C1(Cc2ncccc2C)COCCC1=O. The van der Waals surface area contributed by atoms with Crippen molar-refractivity contribution < 1.29 is 19.1 Å². The Morgan fingerprint density at radius 3 is 3.00 bits per heavy atom. The third-order valence-electron chi connectivity index (χ3n) is 3.61. The Hall–Kier alpha value is -1.75. The summed E-state index contributed by atoms with van der Waals surface area (Å²) >= 11 is 0. The lowest BCUT2D eigenvalue weighted by molar-refractivity contribution is -0.169. The van der Waals surface area contributed by atoms with Gasteiger partial charge in [-0.2, -0.15) is 0 Å². The molecule has 0 aliphatic carbocycles. The molecular formula is C15H19NO4. The van der Waals surface area contributed by atoms with Crippen LogP contribution in [0.25, 0.3) is 0 Å². The number of aromatic nitrogens is 1. The summed E-state index contributed by atoms with van der Waals surface area (Å²) in [6.45, 7) is 4.32. The van der Waals surface area contributed by atoms with Crippen LogP contribution in [0.2, 0.25) is 0 Å². The minimum Gasteiger partial charge on any atom is -0.465 e. The molecule has 1 saturated heterocycles. The van der Waals surface area contributed by atoms with E-state index >= 15 is 0 Å². The van der Waals surface area contributed by atoms with Crippen LogP contribution in [0.4, 0.5) is 0 Å². The third kappa shape index (κ3) is 2.72. The Labute approximate surface area is 118 Å². The highest BCUT2D eigenvalue weighted by atomic mass is 16.5. The Kier molecular flexibility index (Phi) is 4.49. The monoisotopic (exact) mass is 277 g/mol. The summed E-state index contributed by atoms with van der Waals surface area (Å²) in [6, 6.07) is 3.74. The number of ether oxygens (including phenoxy) is 2. The maximum Gasteiger partial charge on any atom is 0.322 e. The van der Waals surface area contributed by atoms with Gasteiger partial charge in [0.15, 0.2) is 11.2 Å². The van der Waals surface area contributed by atoms with Crippen LogP contribution in [0.5, 0.6) is 0 Å². The molecule has 0 spiro atoms. The van der Waals surface area contributed by atoms with Gasteiger partial charge in [0.05, 0.1) is 19.8 Å². The summed E-state index contributed by atoms with van der Waals surface area (Å²) in [7, 11) is 0. The molecule has 1 unspecified atom stereocenters. The van der Waals surface area contributed by atoms with Gasteiger partial charge in [-0.15, -0.1) is 0 Å². The fraction of sp³-hybridized carbons (Fsp3) is 0.533. The van der Waals surface area contributed by atoms with E-state index in [1.54, 1.807) is 13.1 Å². The molecule has 0 saturated carbocycles. The summed E-state index contributed by atoms with van der Waals surface area (Å²) in [5.41, 5.74) is 0.446. The Bertz CT molecular complexity index is 514. The zero-order valence-electron chi connectivity index (χ0n) is 11.8. The van der Waals surface area contributed by atoms with E-state index in [0.29, 0.717) is 6.61 Å². The van der Waals surface area contributed by atoms with Gasteiger partial charge < -0.3 is 9.47 Å². The Morgan fingerprint density at radius 2 is 2.35 bits per heavy atom. The van der Waals surface area contributed by atoms with Crippen molar-refractivity contribution in [3.05, 3.63) is 29.6 Å². The first-order chi connectivity index (χ1) is 9.60. The number of Topliss-reactive ketones (excluding diaryl/α,β-unsaturated/α-hetero) is 1. The number of rotatable bonds is 4. The normalized spacial score (nSPS) is 22.6.